The second kappa shape index (κ2) is 8.21. The van der Waals surface area contributed by atoms with E-state index in [9.17, 15) is 9.59 Å². The van der Waals surface area contributed by atoms with Gasteiger partial charge in [0.2, 0.25) is 5.91 Å². The van der Waals surface area contributed by atoms with Crippen molar-refractivity contribution in [1.82, 2.24) is 0 Å². The highest BCUT2D eigenvalue weighted by molar-refractivity contribution is 7.12. The van der Waals surface area contributed by atoms with Crippen LogP contribution in [0.25, 0.3) is 0 Å². The van der Waals surface area contributed by atoms with Crippen LogP contribution >= 0.6 is 11.3 Å². The molecule has 1 saturated carbocycles. The minimum Gasteiger partial charge on any atom is -0.325 e. The van der Waals surface area contributed by atoms with Crippen molar-refractivity contribution in [2.75, 3.05) is 10.6 Å². The number of hydrogen-bond donors (Lipinski definition) is 2. The predicted octanol–water partition coefficient (Wildman–Crippen LogP) is 5.76. The van der Waals surface area contributed by atoms with E-state index in [1.165, 1.54) is 16.9 Å². The van der Waals surface area contributed by atoms with Crippen molar-refractivity contribution in [2.45, 2.75) is 38.0 Å². The van der Waals surface area contributed by atoms with E-state index in [0.29, 0.717) is 16.3 Å². The molecule has 5 heteroatoms. The van der Waals surface area contributed by atoms with Gasteiger partial charge in [0, 0.05) is 11.4 Å². The number of benzene rings is 2. The van der Waals surface area contributed by atoms with Gasteiger partial charge in [-0.05, 0) is 55.0 Å². The fourth-order valence-electron chi connectivity index (χ4n) is 4.02. The number of anilines is 2. The van der Waals surface area contributed by atoms with Gasteiger partial charge >= 0.3 is 0 Å². The Bertz CT molecular complexity index is 1000. The van der Waals surface area contributed by atoms with Gasteiger partial charge in [-0.2, -0.15) is 0 Å². The molecule has 1 aromatic heterocycles. The molecule has 3 aromatic rings. The number of hydrogen-bond acceptors (Lipinski definition) is 3. The second-order valence-electron chi connectivity index (χ2n) is 7.62. The van der Waals surface area contributed by atoms with Crippen LogP contribution in [0.2, 0.25) is 0 Å². The Labute approximate surface area is 175 Å². The van der Waals surface area contributed by atoms with Crippen molar-refractivity contribution in [2.24, 2.45) is 0 Å². The fraction of sp³-hybridized carbons (Fsp3) is 0.250. The summed E-state index contributed by atoms with van der Waals surface area (Å²) < 4.78 is 0. The van der Waals surface area contributed by atoms with Gasteiger partial charge in [0.1, 0.15) is 0 Å². The SMILES string of the molecule is Cc1ccc(C2(C(=O)Nc3cccc(NC(=O)c4cccs4)c3)CCCC2)cc1. The molecule has 4 rings (SSSR count). The Morgan fingerprint density at radius 2 is 1.59 bits per heavy atom. The van der Waals surface area contributed by atoms with Crippen molar-refractivity contribution < 1.29 is 9.59 Å². The first kappa shape index (κ1) is 19.4. The molecule has 0 atom stereocenters. The van der Waals surface area contributed by atoms with Gasteiger partial charge in [0.15, 0.2) is 0 Å². The van der Waals surface area contributed by atoms with Crippen LogP contribution in [0.5, 0.6) is 0 Å². The predicted molar refractivity (Wildman–Crippen MR) is 119 cm³/mol. The molecule has 1 aliphatic rings. The third-order valence-electron chi connectivity index (χ3n) is 5.62. The van der Waals surface area contributed by atoms with E-state index in [2.05, 4.69) is 41.8 Å². The molecule has 4 nitrogen and oxygen atoms in total. The molecule has 1 fully saturated rings. The van der Waals surface area contributed by atoms with Gasteiger partial charge in [0.25, 0.3) is 5.91 Å². The van der Waals surface area contributed by atoms with Crippen LogP contribution in [0.4, 0.5) is 11.4 Å². The van der Waals surface area contributed by atoms with Crippen LogP contribution in [-0.4, -0.2) is 11.8 Å². The maximum atomic E-state index is 13.3. The molecule has 0 aliphatic heterocycles. The highest BCUT2D eigenvalue weighted by Gasteiger charge is 2.42. The van der Waals surface area contributed by atoms with Crippen molar-refractivity contribution in [1.29, 1.82) is 0 Å². The summed E-state index contributed by atoms with van der Waals surface area (Å²) in [7, 11) is 0. The molecule has 0 unspecified atom stereocenters. The van der Waals surface area contributed by atoms with Gasteiger partial charge in [-0.1, -0.05) is 54.8 Å². The summed E-state index contributed by atoms with van der Waals surface area (Å²) >= 11 is 1.40. The van der Waals surface area contributed by atoms with Crippen molar-refractivity contribution in [3.63, 3.8) is 0 Å². The van der Waals surface area contributed by atoms with Crippen LogP contribution < -0.4 is 10.6 Å². The van der Waals surface area contributed by atoms with Gasteiger partial charge in [-0.3, -0.25) is 9.59 Å². The van der Waals surface area contributed by atoms with E-state index in [4.69, 9.17) is 0 Å². The highest BCUT2D eigenvalue weighted by atomic mass is 32.1. The van der Waals surface area contributed by atoms with Crippen molar-refractivity contribution >= 4 is 34.5 Å². The van der Waals surface area contributed by atoms with E-state index in [0.717, 1.165) is 31.2 Å². The third kappa shape index (κ3) is 4.10. The molecule has 148 valence electrons. The summed E-state index contributed by atoms with van der Waals surface area (Å²) in [5, 5.41) is 7.87. The van der Waals surface area contributed by atoms with Crippen LogP contribution in [-0.2, 0) is 10.2 Å². The molecular formula is C24H24N2O2S. The molecule has 1 aliphatic carbocycles. The maximum Gasteiger partial charge on any atom is 0.265 e. The molecule has 29 heavy (non-hydrogen) atoms. The normalized spacial score (nSPS) is 15.1. The number of carbonyl (C=O) groups excluding carboxylic acids is 2. The first-order valence-corrected chi connectivity index (χ1v) is 10.8. The van der Waals surface area contributed by atoms with Crippen molar-refractivity contribution in [3.05, 3.63) is 82.0 Å². The molecule has 2 aromatic carbocycles. The zero-order valence-electron chi connectivity index (χ0n) is 16.4. The van der Waals surface area contributed by atoms with Gasteiger partial charge < -0.3 is 10.6 Å². The Kier molecular flexibility index (Phi) is 5.49. The molecule has 2 N–H and O–H groups in total. The second-order valence-corrected chi connectivity index (χ2v) is 8.57. The number of aryl methyl sites for hydroxylation is 1. The summed E-state index contributed by atoms with van der Waals surface area (Å²) in [5.41, 5.74) is 3.15. The Morgan fingerprint density at radius 3 is 2.24 bits per heavy atom. The number of nitrogens with one attached hydrogen (secondary N) is 2. The van der Waals surface area contributed by atoms with Crippen LogP contribution in [0, 0.1) is 6.92 Å². The summed E-state index contributed by atoms with van der Waals surface area (Å²) in [6.45, 7) is 2.06. The number of carbonyl (C=O) groups is 2. The summed E-state index contributed by atoms with van der Waals surface area (Å²) in [6.07, 6.45) is 3.82. The Balaban J connectivity index is 1.52. The minimum absolute atomic E-state index is 0.0283. The highest BCUT2D eigenvalue weighted by Crippen LogP contribution is 2.42. The standard InChI is InChI=1S/C24H24N2O2S/c1-17-9-11-18(12-10-17)24(13-2-3-14-24)23(28)26-20-7-4-6-19(16-20)25-22(27)21-8-5-15-29-21/h4-12,15-16H,2-3,13-14H2,1H3,(H,25,27)(H,26,28). The molecule has 0 radical (unpaired) electrons. The average molecular weight is 405 g/mol. The molecular weight excluding hydrogens is 380 g/mol. The van der Waals surface area contributed by atoms with E-state index in [-0.39, 0.29) is 11.8 Å². The van der Waals surface area contributed by atoms with Gasteiger partial charge in [-0.15, -0.1) is 11.3 Å². The molecule has 2 amide bonds. The molecule has 0 bridgehead atoms. The summed E-state index contributed by atoms with van der Waals surface area (Å²) in [6, 6.07) is 19.3. The lowest BCUT2D eigenvalue weighted by Crippen LogP contribution is -2.38. The summed E-state index contributed by atoms with van der Waals surface area (Å²) in [5.74, 6) is -0.115. The van der Waals surface area contributed by atoms with E-state index in [1.807, 2.05) is 29.6 Å². The van der Waals surface area contributed by atoms with Gasteiger partial charge in [0.05, 0.1) is 10.3 Å². The zero-order valence-corrected chi connectivity index (χ0v) is 17.2. The molecule has 0 saturated heterocycles. The monoisotopic (exact) mass is 404 g/mol. The molecule has 0 spiro atoms. The van der Waals surface area contributed by atoms with Crippen LogP contribution in [0.15, 0.2) is 66.0 Å². The lowest BCUT2D eigenvalue weighted by Gasteiger charge is -2.28. The quantitative estimate of drug-likeness (QED) is 0.568. The maximum absolute atomic E-state index is 13.3. The van der Waals surface area contributed by atoms with E-state index >= 15 is 0 Å². The third-order valence-corrected chi connectivity index (χ3v) is 6.49. The Hall–Kier alpha value is -2.92. The van der Waals surface area contributed by atoms with Crippen molar-refractivity contribution in [3.8, 4) is 0 Å². The fourth-order valence-corrected chi connectivity index (χ4v) is 4.64. The minimum atomic E-state index is -0.482. The Morgan fingerprint density at radius 1 is 0.897 bits per heavy atom. The van der Waals surface area contributed by atoms with Gasteiger partial charge in [-0.25, -0.2) is 0 Å². The largest absolute Gasteiger partial charge is 0.325 e. The van der Waals surface area contributed by atoms with Crippen LogP contribution in [0.1, 0.15) is 46.5 Å². The number of amides is 2. The van der Waals surface area contributed by atoms with E-state index in [1.54, 1.807) is 12.1 Å². The first-order chi connectivity index (χ1) is 14.1. The summed E-state index contributed by atoms with van der Waals surface area (Å²) in [4.78, 5) is 26.3. The molecule has 1 heterocycles. The first-order valence-electron chi connectivity index (χ1n) is 9.90. The smallest absolute Gasteiger partial charge is 0.265 e. The number of thiophene rings is 1. The zero-order chi connectivity index (χ0) is 20.3. The van der Waals surface area contributed by atoms with E-state index < -0.39 is 5.41 Å². The lowest BCUT2D eigenvalue weighted by molar-refractivity contribution is -0.121. The number of rotatable bonds is 5. The average Bonchev–Trinajstić information content (AvgIpc) is 3.42. The lowest BCUT2D eigenvalue weighted by atomic mass is 9.77. The topological polar surface area (TPSA) is 58.2 Å². The van der Waals surface area contributed by atoms with Crippen LogP contribution in [0.3, 0.4) is 0 Å².